The van der Waals surface area contributed by atoms with Crippen LogP contribution >= 0.6 is 34.4 Å². The fourth-order valence-electron chi connectivity index (χ4n) is 2.66. The molecular weight excluding hydrogens is 386 g/mol. The molecule has 0 fully saturated rings. The molecular formula is C17H17N5OS3. The molecule has 4 heterocycles. The van der Waals surface area contributed by atoms with Gasteiger partial charge in [-0.2, -0.15) is 0 Å². The van der Waals surface area contributed by atoms with Gasteiger partial charge in [-0.05, 0) is 32.2 Å². The number of rotatable bonds is 5. The number of thioether (sulfide) groups is 1. The summed E-state index contributed by atoms with van der Waals surface area (Å²) in [5.41, 5.74) is 0.868. The summed E-state index contributed by atoms with van der Waals surface area (Å²) < 4.78 is 2.01. The van der Waals surface area contributed by atoms with Crippen LogP contribution in [0.5, 0.6) is 0 Å². The molecule has 9 heteroatoms. The van der Waals surface area contributed by atoms with E-state index in [1.165, 1.54) is 11.3 Å². The molecule has 1 atom stereocenters. The van der Waals surface area contributed by atoms with Crippen molar-refractivity contribution < 1.29 is 0 Å². The summed E-state index contributed by atoms with van der Waals surface area (Å²) in [6, 6.07) is 4.29. The lowest BCUT2D eigenvalue weighted by atomic mass is 10.2. The smallest absolute Gasteiger partial charge is 0.260 e. The van der Waals surface area contributed by atoms with E-state index in [1.54, 1.807) is 29.4 Å². The number of nitrogens with zero attached hydrogens (tertiary/aromatic N) is 4. The van der Waals surface area contributed by atoms with E-state index in [0.717, 1.165) is 20.4 Å². The predicted molar refractivity (Wildman–Crippen MR) is 108 cm³/mol. The highest BCUT2D eigenvalue weighted by Gasteiger charge is 2.19. The van der Waals surface area contributed by atoms with Gasteiger partial charge < -0.3 is 9.55 Å². The molecule has 0 radical (unpaired) electrons. The summed E-state index contributed by atoms with van der Waals surface area (Å²) in [6.45, 7) is 6.19. The number of thiophene rings is 2. The van der Waals surface area contributed by atoms with Crippen molar-refractivity contribution in [1.82, 2.24) is 24.7 Å². The van der Waals surface area contributed by atoms with Crippen molar-refractivity contribution >= 4 is 44.7 Å². The average Bonchev–Trinajstić information content (AvgIpc) is 3.34. The lowest BCUT2D eigenvalue weighted by molar-refractivity contribution is 0.548. The number of hydrogen-bond acceptors (Lipinski definition) is 7. The molecule has 134 valence electrons. The summed E-state index contributed by atoms with van der Waals surface area (Å²) in [4.78, 5) is 22.3. The van der Waals surface area contributed by atoms with Crippen molar-refractivity contribution in [3.05, 3.63) is 45.4 Å². The minimum Gasteiger partial charge on any atom is -0.309 e. The van der Waals surface area contributed by atoms with Gasteiger partial charge in [-0.15, -0.1) is 32.9 Å². The zero-order chi connectivity index (χ0) is 18.3. The second-order valence-corrected chi connectivity index (χ2v) is 9.25. The van der Waals surface area contributed by atoms with Crippen LogP contribution in [0.1, 0.15) is 37.9 Å². The van der Waals surface area contributed by atoms with E-state index in [-0.39, 0.29) is 16.9 Å². The van der Waals surface area contributed by atoms with Crippen molar-refractivity contribution in [3.8, 4) is 10.4 Å². The maximum absolute atomic E-state index is 12.7. The Morgan fingerprint density at radius 3 is 2.85 bits per heavy atom. The van der Waals surface area contributed by atoms with Crippen LogP contribution in [-0.4, -0.2) is 24.7 Å². The molecule has 0 aliphatic carbocycles. The Balaban J connectivity index is 1.69. The predicted octanol–water partition coefficient (Wildman–Crippen LogP) is 4.74. The van der Waals surface area contributed by atoms with Gasteiger partial charge in [0.2, 0.25) is 0 Å². The standard InChI is InChI=1S/C17H17N5OS3/c1-9(2)22-8-18-21-17(22)26-10(3)14-19-15(23)13-11(7-25-16(13)20-14)12-5-4-6-24-12/h4-10H,1-3H3,(H,19,20,23)/t10-/m1/s1. The maximum atomic E-state index is 12.7. The van der Waals surface area contributed by atoms with Crippen molar-refractivity contribution in [2.75, 3.05) is 0 Å². The molecule has 0 saturated carbocycles. The van der Waals surface area contributed by atoms with Crippen LogP contribution < -0.4 is 5.56 Å². The van der Waals surface area contributed by atoms with Gasteiger partial charge in [0.05, 0.1) is 10.6 Å². The topological polar surface area (TPSA) is 76.5 Å². The Bertz CT molecular complexity index is 1090. The Kier molecular flexibility index (Phi) is 4.68. The molecule has 1 N–H and O–H groups in total. The van der Waals surface area contributed by atoms with Crippen molar-refractivity contribution in [2.45, 2.75) is 37.2 Å². The lowest BCUT2D eigenvalue weighted by Gasteiger charge is -2.13. The quantitative estimate of drug-likeness (QED) is 0.487. The second kappa shape index (κ2) is 6.98. The summed E-state index contributed by atoms with van der Waals surface area (Å²) in [7, 11) is 0. The SMILES string of the molecule is CC(C)n1cnnc1S[C@H](C)c1nc2scc(-c3cccs3)c2c(=O)[nH]1. The van der Waals surface area contributed by atoms with E-state index in [4.69, 9.17) is 4.98 Å². The van der Waals surface area contributed by atoms with Gasteiger partial charge in [0.25, 0.3) is 5.56 Å². The summed E-state index contributed by atoms with van der Waals surface area (Å²) in [5, 5.41) is 13.6. The third-order valence-corrected chi connectivity index (χ3v) is 6.87. The summed E-state index contributed by atoms with van der Waals surface area (Å²) in [5.74, 6) is 0.658. The van der Waals surface area contributed by atoms with Crippen LogP contribution in [0.15, 0.2) is 39.2 Å². The van der Waals surface area contributed by atoms with Crippen LogP contribution in [0.2, 0.25) is 0 Å². The largest absolute Gasteiger partial charge is 0.309 e. The van der Waals surface area contributed by atoms with Crippen LogP contribution in [0.25, 0.3) is 20.7 Å². The highest BCUT2D eigenvalue weighted by Crippen LogP contribution is 2.36. The monoisotopic (exact) mass is 403 g/mol. The van der Waals surface area contributed by atoms with Crippen LogP contribution in [0.4, 0.5) is 0 Å². The summed E-state index contributed by atoms with van der Waals surface area (Å²) >= 11 is 4.68. The minimum absolute atomic E-state index is 0.0407. The zero-order valence-corrected chi connectivity index (χ0v) is 16.9. The van der Waals surface area contributed by atoms with Gasteiger partial charge in [-0.3, -0.25) is 4.79 Å². The fraction of sp³-hybridized carbons (Fsp3) is 0.294. The number of fused-ring (bicyclic) bond motifs is 1. The number of H-pyrrole nitrogens is 1. The van der Waals surface area contributed by atoms with Crippen molar-refractivity contribution in [3.63, 3.8) is 0 Å². The first kappa shape index (κ1) is 17.4. The van der Waals surface area contributed by atoms with Crippen molar-refractivity contribution in [1.29, 1.82) is 0 Å². The van der Waals surface area contributed by atoms with Gasteiger partial charge in [-0.1, -0.05) is 17.8 Å². The Morgan fingerprint density at radius 2 is 2.12 bits per heavy atom. The number of aromatic amines is 1. The number of aromatic nitrogens is 5. The van der Waals surface area contributed by atoms with E-state index in [2.05, 4.69) is 29.0 Å². The number of nitrogens with one attached hydrogen (secondary N) is 1. The number of hydrogen-bond donors (Lipinski definition) is 1. The van der Waals surface area contributed by atoms with Gasteiger partial charge in [0.15, 0.2) is 5.16 Å². The second-order valence-electron chi connectivity index (χ2n) is 6.13. The van der Waals surface area contributed by atoms with E-state index >= 15 is 0 Å². The van der Waals surface area contributed by atoms with Crippen molar-refractivity contribution in [2.24, 2.45) is 0 Å². The molecule has 0 saturated heterocycles. The molecule has 6 nitrogen and oxygen atoms in total. The first-order chi connectivity index (χ1) is 12.5. The maximum Gasteiger partial charge on any atom is 0.260 e. The van der Waals surface area contributed by atoms with Crippen LogP contribution in [0.3, 0.4) is 0 Å². The van der Waals surface area contributed by atoms with Gasteiger partial charge >= 0.3 is 0 Å². The first-order valence-electron chi connectivity index (χ1n) is 8.16. The van der Waals surface area contributed by atoms with Crippen LogP contribution in [0, 0.1) is 0 Å². The fourth-order valence-corrected chi connectivity index (χ4v) is 5.44. The lowest BCUT2D eigenvalue weighted by Crippen LogP contribution is -2.12. The molecule has 0 unspecified atom stereocenters. The van der Waals surface area contributed by atoms with Gasteiger partial charge in [0.1, 0.15) is 17.0 Å². The average molecular weight is 404 g/mol. The molecule has 4 aromatic heterocycles. The third kappa shape index (κ3) is 3.10. The molecule has 26 heavy (non-hydrogen) atoms. The molecule has 0 amide bonds. The molecule has 0 aliphatic heterocycles. The Labute approximate surface area is 162 Å². The normalized spacial score (nSPS) is 12.9. The highest BCUT2D eigenvalue weighted by molar-refractivity contribution is 7.99. The third-order valence-electron chi connectivity index (χ3n) is 4.01. The highest BCUT2D eigenvalue weighted by atomic mass is 32.2. The van der Waals surface area contributed by atoms with Crippen LogP contribution in [-0.2, 0) is 0 Å². The van der Waals surface area contributed by atoms with E-state index in [0.29, 0.717) is 11.2 Å². The minimum atomic E-state index is -0.0903. The molecule has 0 aliphatic rings. The molecule has 0 spiro atoms. The Morgan fingerprint density at radius 1 is 1.27 bits per heavy atom. The van der Waals surface area contributed by atoms with Gasteiger partial charge in [0, 0.05) is 21.9 Å². The molecule has 4 aromatic rings. The van der Waals surface area contributed by atoms with E-state index in [9.17, 15) is 4.79 Å². The Hall–Kier alpha value is -1.97. The zero-order valence-electron chi connectivity index (χ0n) is 14.5. The van der Waals surface area contributed by atoms with E-state index < -0.39 is 0 Å². The van der Waals surface area contributed by atoms with E-state index in [1.807, 2.05) is 34.4 Å². The molecule has 4 rings (SSSR count). The molecule has 0 bridgehead atoms. The molecule has 0 aromatic carbocycles. The van der Waals surface area contributed by atoms with Gasteiger partial charge in [-0.25, -0.2) is 4.98 Å². The summed E-state index contributed by atoms with van der Waals surface area (Å²) in [6.07, 6.45) is 1.73. The first-order valence-corrected chi connectivity index (χ1v) is 10.8.